The van der Waals surface area contributed by atoms with Gasteiger partial charge in [0.1, 0.15) is 5.58 Å². The molecular formula is C21H30N2O4S. The number of piperidine rings is 1. The molecule has 7 heteroatoms. The first kappa shape index (κ1) is 20.9. The summed E-state index contributed by atoms with van der Waals surface area (Å²) in [6.07, 6.45) is 2.94. The van der Waals surface area contributed by atoms with Crippen molar-refractivity contribution in [3.05, 3.63) is 29.5 Å². The Kier molecular flexibility index (Phi) is 6.15. The highest BCUT2D eigenvalue weighted by atomic mass is 32.2. The summed E-state index contributed by atoms with van der Waals surface area (Å²) in [7, 11) is -3.57. The molecule has 0 saturated carbocycles. The Bertz CT molecular complexity index is 954. The number of hydrogen-bond acceptors (Lipinski definition) is 4. The molecule has 1 saturated heterocycles. The molecule has 1 N–H and O–H groups in total. The van der Waals surface area contributed by atoms with Gasteiger partial charge in [0, 0.05) is 30.6 Å². The molecule has 0 bridgehead atoms. The van der Waals surface area contributed by atoms with E-state index in [0.29, 0.717) is 48.0 Å². The quantitative estimate of drug-likeness (QED) is 0.737. The summed E-state index contributed by atoms with van der Waals surface area (Å²) in [6, 6.07) is 4.86. The predicted octanol–water partition coefficient (Wildman–Crippen LogP) is 3.94. The van der Waals surface area contributed by atoms with E-state index in [9.17, 15) is 13.2 Å². The van der Waals surface area contributed by atoms with Crippen molar-refractivity contribution < 1.29 is 17.6 Å². The maximum absolute atomic E-state index is 13.2. The fourth-order valence-corrected chi connectivity index (χ4v) is 5.69. The normalized spacial score (nSPS) is 21.1. The number of aryl methyl sites for hydroxylation is 1. The third kappa shape index (κ3) is 4.10. The van der Waals surface area contributed by atoms with E-state index in [0.717, 1.165) is 19.3 Å². The minimum Gasteiger partial charge on any atom is -0.451 e. The van der Waals surface area contributed by atoms with Gasteiger partial charge in [0.15, 0.2) is 5.76 Å². The number of carbonyl (C=O) groups is 1. The van der Waals surface area contributed by atoms with Gasteiger partial charge in [-0.3, -0.25) is 4.79 Å². The molecule has 0 unspecified atom stereocenters. The number of amides is 1. The number of fused-ring (bicyclic) bond motifs is 1. The fraction of sp³-hybridized carbons (Fsp3) is 0.571. The van der Waals surface area contributed by atoms with Crippen molar-refractivity contribution in [1.29, 1.82) is 0 Å². The van der Waals surface area contributed by atoms with Gasteiger partial charge < -0.3 is 9.73 Å². The Balaban J connectivity index is 1.91. The zero-order chi connectivity index (χ0) is 20.5. The highest BCUT2D eigenvalue weighted by Crippen LogP contribution is 2.31. The standard InChI is InChI=1S/C21H30N2O4S/c1-5-6-9-22-21(24)20-16(4)18-11-17(7-8-19(18)27-20)28(25,26)23-12-14(2)10-15(3)13-23/h7-8,11,14-15H,5-6,9-10,12-13H2,1-4H3,(H,22,24)/t14-,15-/m0/s1. The van der Waals surface area contributed by atoms with Crippen LogP contribution in [0.1, 0.15) is 56.2 Å². The van der Waals surface area contributed by atoms with Crippen LogP contribution in [0.15, 0.2) is 27.5 Å². The topological polar surface area (TPSA) is 79.6 Å². The molecular weight excluding hydrogens is 376 g/mol. The zero-order valence-corrected chi connectivity index (χ0v) is 17.9. The van der Waals surface area contributed by atoms with Gasteiger partial charge >= 0.3 is 0 Å². The molecule has 1 aliphatic heterocycles. The van der Waals surface area contributed by atoms with Crippen molar-refractivity contribution in [1.82, 2.24) is 9.62 Å². The summed E-state index contributed by atoms with van der Waals surface area (Å²) in [6.45, 7) is 9.71. The second kappa shape index (κ2) is 8.25. The van der Waals surface area contributed by atoms with Crippen LogP contribution in [0.2, 0.25) is 0 Å². The Hall–Kier alpha value is -1.86. The third-order valence-corrected chi connectivity index (χ3v) is 7.23. The van der Waals surface area contributed by atoms with Gasteiger partial charge in [0.05, 0.1) is 4.90 Å². The molecule has 2 heterocycles. The maximum Gasteiger partial charge on any atom is 0.287 e. The van der Waals surface area contributed by atoms with Crippen molar-refractivity contribution in [2.24, 2.45) is 11.8 Å². The lowest BCUT2D eigenvalue weighted by atomic mass is 9.94. The van der Waals surface area contributed by atoms with E-state index in [4.69, 9.17) is 4.42 Å². The molecule has 0 radical (unpaired) electrons. The van der Waals surface area contributed by atoms with Gasteiger partial charge in [-0.15, -0.1) is 0 Å². The van der Waals surface area contributed by atoms with E-state index in [1.807, 2.05) is 0 Å². The van der Waals surface area contributed by atoms with Gasteiger partial charge in [0.2, 0.25) is 10.0 Å². The minimum absolute atomic E-state index is 0.251. The largest absolute Gasteiger partial charge is 0.451 e. The summed E-state index contributed by atoms with van der Waals surface area (Å²) < 4.78 is 33.6. The van der Waals surface area contributed by atoms with Gasteiger partial charge in [0.25, 0.3) is 5.91 Å². The van der Waals surface area contributed by atoms with Crippen molar-refractivity contribution in [2.45, 2.75) is 51.9 Å². The van der Waals surface area contributed by atoms with Crippen LogP contribution in [-0.4, -0.2) is 38.3 Å². The number of rotatable bonds is 6. The lowest BCUT2D eigenvalue weighted by Gasteiger charge is -2.34. The second-order valence-electron chi connectivity index (χ2n) is 8.09. The molecule has 1 aromatic carbocycles. The number of nitrogens with zero attached hydrogens (tertiary/aromatic N) is 1. The molecule has 2 aromatic rings. The van der Waals surface area contributed by atoms with Crippen molar-refractivity contribution in [3.63, 3.8) is 0 Å². The zero-order valence-electron chi connectivity index (χ0n) is 17.1. The summed E-state index contributed by atoms with van der Waals surface area (Å²) in [5.41, 5.74) is 1.19. The van der Waals surface area contributed by atoms with E-state index >= 15 is 0 Å². The summed E-state index contributed by atoms with van der Waals surface area (Å²) in [5.74, 6) is 0.679. The number of hydrogen-bond donors (Lipinski definition) is 1. The Labute approximate surface area is 167 Å². The average Bonchev–Trinajstić information content (AvgIpc) is 2.97. The van der Waals surface area contributed by atoms with Crippen LogP contribution in [0.4, 0.5) is 0 Å². The highest BCUT2D eigenvalue weighted by molar-refractivity contribution is 7.89. The Morgan fingerprint density at radius 3 is 2.57 bits per heavy atom. The molecule has 1 aromatic heterocycles. The van der Waals surface area contributed by atoms with Crippen molar-refractivity contribution >= 4 is 26.9 Å². The van der Waals surface area contributed by atoms with E-state index < -0.39 is 10.0 Å². The average molecular weight is 407 g/mol. The van der Waals surface area contributed by atoms with Crippen molar-refractivity contribution in [2.75, 3.05) is 19.6 Å². The van der Waals surface area contributed by atoms with Gasteiger partial charge in [-0.2, -0.15) is 4.31 Å². The molecule has 154 valence electrons. The molecule has 6 nitrogen and oxygen atoms in total. The highest BCUT2D eigenvalue weighted by Gasteiger charge is 2.32. The molecule has 28 heavy (non-hydrogen) atoms. The van der Waals surface area contributed by atoms with Gasteiger partial charge in [-0.05, 0) is 49.8 Å². The molecule has 1 aliphatic rings. The number of carbonyl (C=O) groups excluding carboxylic acids is 1. The number of sulfonamides is 1. The van der Waals surface area contributed by atoms with Crippen LogP contribution >= 0.6 is 0 Å². The second-order valence-corrected chi connectivity index (χ2v) is 10.0. The predicted molar refractivity (Wildman–Crippen MR) is 110 cm³/mol. The Morgan fingerprint density at radius 2 is 1.93 bits per heavy atom. The van der Waals surface area contributed by atoms with Crippen LogP contribution in [-0.2, 0) is 10.0 Å². The van der Waals surface area contributed by atoms with Crippen LogP contribution in [0.25, 0.3) is 11.0 Å². The van der Waals surface area contributed by atoms with Crippen LogP contribution < -0.4 is 5.32 Å². The van der Waals surface area contributed by atoms with Crippen molar-refractivity contribution in [3.8, 4) is 0 Å². The SMILES string of the molecule is CCCCNC(=O)c1oc2ccc(S(=O)(=O)N3C[C@@H](C)C[C@H](C)C3)cc2c1C. The smallest absolute Gasteiger partial charge is 0.287 e. The van der Waals surface area contributed by atoms with E-state index in [1.165, 1.54) is 0 Å². The minimum atomic E-state index is -3.57. The van der Waals surface area contributed by atoms with E-state index in [-0.39, 0.29) is 16.6 Å². The first-order valence-electron chi connectivity index (χ1n) is 10.1. The fourth-order valence-electron chi connectivity index (χ4n) is 3.99. The number of benzene rings is 1. The molecule has 0 aliphatic carbocycles. The molecule has 1 amide bonds. The first-order chi connectivity index (χ1) is 13.2. The number of furan rings is 1. The maximum atomic E-state index is 13.2. The number of nitrogens with one attached hydrogen (secondary N) is 1. The molecule has 0 spiro atoms. The first-order valence-corrected chi connectivity index (χ1v) is 11.5. The molecule has 2 atom stereocenters. The van der Waals surface area contributed by atoms with Crippen LogP contribution in [0.3, 0.4) is 0 Å². The summed E-state index contributed by atoms with van der Waals surface area (Å²) in [4.78, 5) is 12.6. The molecule has 1 fully saturated rings. The van der Waals surface area contributed by atoms with Crippen LogP contribution in [0, 0.1) is 18.8 Å². The summed E-state index contributed by atoms with van der Waals surface area (Å²) >= 11 is 0. The van der Waals surface area contributed by atoms with E-state index in [2.05, 4.69) is 26.1 Å². The van der Waals surface area contributed by atoms with Crippen LogP contribution in [0.5, 0.6) is 0 Å². The monoisotopic (exact) mass is 406 g/mol. The Morgan fingerprint density at radius 1 is 1.25 bits per heavy atom. The third-order valence-electron chi connectivity index (χ3n) is 5.40. The van der Waals surface area contributed by atoms with E-state index in [1.54, 1.807) is 29.4 Å². The van der Waals surface area contributed by atoms with Gasteiger partial charge in [-0.1, -0.05) is 27.2 Å². The van der Waals surface area contributed by atoms with Gasteiger partial charge in [-0.25, -0.2) is 8.42 Å². The molecule has 3 rings (SSSR count). The number of unbranched alkanes of at least 4 members (excludes halogenated alkanes) is 1. The summed E-state index contributed by atoms with van der Waals surface area (Å²) in [5, 5.41) is 3.52. The lowest BCUT2D eigenvalue weighted by Crippen LogP contribution is -2.42. The lowest BCUT2D eigenvalue weighted by molar-refractivity contribution is 0.0926.